The van der Waals surface area contributed by atoms with Crippen LogP contribution in [-0.2, 0) is 0 Å². The van der Waals surface area contributed by atoms with E-state index in [2.05, 4.69) is 18.7 Å². The quantitative estimate of drug-likeness (QED) is 0.531. The topological polar surface area (TPSA) is 29.3 Å². The normalized spacial score (nSPS) is 24.6. The summed E-state index contributed by atoms with van der Waals surface area (Å²) in [5.74, 6) is 0. The molecule has 3 heteroatoms. The molecule has 1 fully saturated rings. The van der Waals surface area contributed by atoms with Gasteiger partial charge in [0.05, 0.1) is 0 Å². The van der Waals surface area contributed by atoms with Crippen molar-refractivity contribution < 1.29 is 4.39 Å². The Labute approximate surface area is 131 Å². The van der Waals surface area contributed by atoms with Crippen LogP contribution in [0.5, 0.6) is 0 Å². The predicted molar refractivity (Wildman–Crippen MR) is 90.4 cm³/mol. The first-order valence-corrected chi connectivity index (χ1v) is 9.32. The van der Waals surface area contributed by atoms with Gasteiger partial charge in [-0.05, 0) is 12.8 Å². The second-order valence-corrected chi connectivity index (χ2v) is 6.84. The van der Waals surface area contributed by atoms with Gasteiger partial charge in [0.25, 0.3) is 0 Å². The standard InChI is InChI=1S/C18H37FN2/c1-3-5-7-9-11-13-16(12-10-8-6-4-2)21-14-17(19)18(20)15-21/h16-18H,3-15,20H2,1-2H3/t16?,17-,18-/m0/s1. The first kappa shape index (κ1) is 18.9. The van der Waals surface area contributed by atoms with E-state index in [4.69, 9.17) is 5.73 Å². The summed E-state index contributed by atoms with van der Waals surface area (Å²) >= 11 is 0. The number of halogens is 1. The second-order valence-electron chi connectivity index (χ2n) is 6.84. The van der Waals surface area contributed by atoms with Gasteiger partial charge in [0.15, 0.2) is 0 Å². The SMILES string of the molecule is CCCCCCCC(CCCCCC)N1C[C@H](N)[C@@H](F)C1. The van der Waals surface area contributed by atoms with E-state index in [1.54, 1.807) is 0 Å². The van der Waals surface area contributed by atoms with Crippen LogP contribution in [0.15, 0.2) is 0 Å². The lowest BCUT2D eigenvalue weighted by molar-refractivity contribution is 0.193. The summed E-state index contributed by atoms with van der Waals surface area (Å²) in [7, 11) is 0. The van der Waals surface area contributed by atoms with Crippen molar-refractivity contribution in [3.05, 3.63) is 0 Å². The third kappa shape index (κ3) is 7.60. The number of nitrogens with two attached hydrogens (primary N) is 1. The van der Waals surface area contributed by atoms with Gasteiger partial charge in [-0.15, -0.1) is 0 Å². The number of nitrogens with zero attached hydrogens (tertiary/aromatic N) is 1. The zero-order valence-corrected chi connectivity index (χ0v) is 14.3. The summed E-state index contributed by atoms with van der Waals surface area (Å²) in [6.45, 7) is 5.82. The summed E-state index contributed by atoms with van der Waals surface area (Å²) in [6, 6.07) is 0.304. The Morgan fingerprint density at radius 2 is 1.43 bits per heavy atom. The van der Waals surface area contributed by atoms with E-state index in [0.717, 1.165) is 6.54 Å². The van der Waals surface area contributed by atoms with Gasteiger partial charge in [-0.25, -0.2) is 4.39 Å². The van der Waals surface area contributed by atoms with Crippen LogP contribution in [-0.4, -0.2) is 36.2 Å². The van der Waals surface area contributed by atoms with Crippen molar-refractivity contribution >= 4 is 0 Å². The predicted octanol–water partition coefficient (Wildman–Crippen LogP) is 4.67. The number of hydrogen-bond donors (Lipinski definition) is 1. The molecule has 0 radical (unpaired) electrons. The monoisotopic (exact) mass is 300 g/mol. The van der Waals surface area contributed by atoms with Gasteiger partial charge in [-0.2, -0.15) is 0 Å². The fourth-order valence-corrected chi connectivity index (χ4v) is 3.42. The van der Waals surface area contributed by atoms with Crippen LogP contribution >= 0.6 is 0 Å². The van der Waals surface area contributed by atoms with Gasteiger partial charge in [-0.3, -0.25) is 4.90 Å². The van der Waals surface area contributed by atoms with E-state index in [9.17, 15) is 4.39 Å². The summed E-state index contributed by atoms with van der Waals surface area (Å²) < 4.78 is 13.7. The van der Waals surface area contributed by atoms with Crippen LogP contribution in [0.2, 0.25) is 0 Å². The molecule has 3 atom stereocenters. The minimum Gasteiger partial charge on any atom is -0.324 e. The molecular formula is C18H37FN2. The molecule has 1 heterocycles. The molecule has 1 aliphatic heterocycles. The molecule has 1 rings (SSSR count). The molecule has 0 aliphatic carbocycles. The molecule has 126 valence electrons. The van der Waals surface area contributed by atoms with Gasteiger partial charge in [0, 0.05) is 25.2 Å². The highest BCUT2D eigenvalue weighted by Gasteiger charge is 2.33. The molecule has 1 saturated heterocycles. The van der Waals surface area contributed by atoms with Crippen LogP contribution in [0, 0.1) is 0 Å². The number of unbranched alkanes of at least 4 members (excludes halogenated alkanes) is 7. The number of rotatable bonds is 12. The van der Waals surface area contributed by atoms with Crippen LogP contribution in [0.25, 0.3) is 0 Å². The molecule has 2 nitrogen and oxygen atoms in total. The van der Waals surface area contributed by atoms with E-state index >= 15 is 0 Å². The zero-order valence-electron chi connectivity index (χ0n) is 14.3. The van der Waals surface area contributed by atoms with Crippen LogP contribution in [0.1, 0.15) is 84.5 Å². The Morgan fingerprint density at radius 1 is 0.905 bits per heavy atom. The molecule has 0 aromatic carbocycles. The van der Waals surface area contributed by atoms with Crippen molar-refractivity contribution in [3.8, 4) is 0 Å². The Kier molecular flexibility index (Phi) is 10.3. The minimum absolute atomic E-state index is 0.261. The van der Waals surface area contributed by atoms with Crippen molar-refractivity contribution in [1.29, 1.82) is 0 Å². The average Bonchev–Trinajstić information content (AvgIpc) is 2.80. The maximum Gasteiger partial charge on any atom is 0.129 e. The third-order valence-electron chi connectivity index (χ3n) is 4.87. The molecule has 1 aliphatic rings. The highest BCUT2D eigenvalue weighted by molar-refractivity contribution is 4.90. The van der Waals surface area contributed by atoms with E-state index < -0.39 is 6.17 Å². The number of hydrogen-bond acceptors (Lipinski definition) is 2. The largest absolute Gasteiger partial charge is 0.324 e. The molecule has 0 spiro atoms. The van der Waals surface area contributed by atoms with Crippen molar-refractivity contribution in [2.24, 2.45) is 5.73 Å². The molecule has 0 aromatic rings. The lowest BCUT2D eigenvalue weighted by Crippen LogP contribution is -2.35. The molecule has 0 saturated carbocycles. The average molecular weight is 301 g/mol. The van der Waals surface area contributed by atoms with Crippen molar-refractivity contribution in [1.82, 2.24) is 4.90 Å². The molecule has 0 amide bonds. The smallest absolute Gasteiger partial charge is 0.129 e. The summed E-state index contributed by atoms with van der Waals surface area (Å²) in [6.07, 6.45) is 13.5. The van der Waals surface area contributed by atoms with Crippen molar-refractivity contribution in [2.45, 2.75) is 103 Å². The highest BCUT2D eigenvalue weighted by atomic mass is 19.1. The van der Waals surface area contributed by atoms with E-state index in [0.29, 0.717) is 12.6 Å². The van der Waals surface area contributed by atoms with E-state index in [1.165, 1.54) is 70.6 Å². The summed E-state index contributed by atoms with van der Waals surface area (Å²) in [5.41, 5.74) is 5.86. The number of alkyl halides is 1. The Balaban J connectivity index is 2.31. The molecule has 0 aromatic heterocycles. The molecule has 1 unspecified atom stereocenters. The van der Waals surface area contributed by atoms with Gasteiger partial charge >= 0.3 is 0 Å². The van der Waals surface area contributed by atoms with Crippen molar-refractivity contribution in [3.63, 3.8) is 0 Å². The van der Waals surface area contributed by atoms with Gasteiger partial charge in [-0.1, -0.05) is 71.6 Å². The number of likely N-dealkylation sites (tertiary alicyclic amines) is 1. The Bertz CT molecular complexity index is 237. The zero-order chi connectivity index (χ0) is 15.5. The molecule has 2 N–H and O–H groups in total. The molecule has 21 heavy (non-hydrogen) atoms. The Morgan fingerprint density at radius 3 is 1.90 bits per heavy atom. The second kappa shape index (κ2) is 11.4. The molecular weight excluding hydrogens is 263 g/mol. The van der Waals surface area contributed by atoms with Crippen molar-refractivity contribution in [2.75, 3.05) is 13.1 Å². The van der Waals surface area contributed by atoms with Crippen LogP contribution in [0.4, 0.5) is 4.39 Å². The fourth-order valence-electron chi connectivity index (χ4n) is 3.42. The first-order chi connectivity index (χ1) is 10.2. The molecule has 0 bridgehead atoms. The van der Waals surface area contributed by atoms with Crippen LogP contribution in [0.3, 0.4) is 0 Å². The maximum atomic E-state index is 13.7. The van der Waals surface area contributed by atoms with Crippen LogP contribution < -0.4 is 5.73 Å². The fraction of sp³-hybridized carbons (Fsp3) is 1.00. The maximum absolute atomic E-state index is 13.7. The first-order valence-electron chi connectivity index (χ1n) is 9.32. The third-order valence-corrected chi connectivity index (χ3v) is 4.87. The van der Waals surface area contributed by atoms with Gasteiger partial charge in [0.2, 0.25) is 0 Å². The van der Waals surface area contributed by atoms with E-state index in [-0.39, 0.29) is 6.04 Å². The summed E-state index contributed by atoms with van der Waals surface area (Å²) in [5, 5.41) is 0. The van der Waals surface area contributed by atoms with Gasteiger partial charge < -0.3 is 5.73 Å². The lowest BCUT2D eigenvalue weighted by Gasteiger charge is -2.27. The lowest BCUT2D eigenvalue weighted by atomic mass is 9.99. The van der Waals surface area contributed by atoms with E-state index in [1.807, 2.05) is 0 Å². The Hall–Kier alpha value is -0.150. The summed E-state index contributed by atoms with van der Waals surface area (Å²) in [4.78, 5) is 2.33. The minimum atomic E-state index is -0.816. The van der Waals surface area contributed by atoms with Gasteiger partial charge in [0.1, 0.15) is 6.17 Å². The highest BCUT2D eigenvalue weighted by Crippen LogP contribution is 2.23.